The highest BCUT2D eigenvalue weighted by Crippen LogP contribution is 2.28. The van der Waals surface area contributed by atoms with E-state index < -0.39 is 11.8 Å². The van der Waals surface area contributed by atoms with Crippen molar-refractivity contribution in [3.63, 3.8) is 0 Å². The first-order valence-corrected chi connectivity index (χ1v) is 7.89. The van der Waals surface area contributed by atoms with E-state index in [1.165, 1.54) is 24.5 Å². The van der Waals surface area contributed by atoms with Crippen LogP contribution in [0.25, 0.3) is 22.5 Å². The minimum absolute atomic E-state index is 0.126. The van der Waals surface area contributed by atoms with E-state index >= 15 is 0 Å². The first-order chi connectivity index (χ1) is 12.5. The Balaban J connectivity index is 1.85. The number of carbonyl (C=O) groups excluding carboxylic acids is 1. The summed E-state index contributed by atoms with van der Waals surface area (Å²) >= 11 is 0. The molecule has 0 unspecified atom stereocenters. The Hall–Kier alpha value is -3.48. The van der Waals surface area contributed by atoms with E-state index in [1.807, 2.05) is 0 Å². The Morgan fingerprint density at radius 2 is 2.08 bits per heavy atom. The maximum atomic E-state index is 13.4. The maximum Gasteiger partial charge on any atom is 0.344 e. The average Bonchev–Trinajstić information content (AvgIpc) is 3.23. The van der Waals surface area contributed by atoms with Crippen molar-refractivity contribution in [3.05, 3.63) is 65.8 Å². The molecule has 3 aromatic heterocycles. The second kappa shape index (κ2) is 6.11. The van der Waals surface area contributed by atoms with E-state index in [0.717, 1.165) is 6.07 Å². The molecule has 0 saturated carbocycles. The van der Waals surface area contributed by atoms with Gasteiger partial charge in [0.25, 0.3) is 0 Å². The zero-order valence-electron chi connectivity index (χ0n) is 14.1. The number of aromatic nitrogens is 3. The number of furan rings is 1. The Bertz CT molecular complexity index is 1120. The molecule has 0 atom stereocenters. The standard InChI is InChI=1S/C19H14FN3O3/c1-11-17-14(19(24)26-13-6-3-5-12(20)9-13)10-15(16-7-4-8-25-16)21-18(17)23(2)22-11/h3-10H,1-2H3. The largest absolute Gasteiger partial charge is 0.463 e. The van der Waals surface area contributed by atoms with Crippen molar-refractivity contribution >= 4 is 17.0 Å². The highest BCUT2D eigenvalue weighted by Gasteiger charge is 2.21. The lowest BCUT2D eigenvalue weighted by Gasteiger charge is -2.08. The van der Waals surface area contributed by atoms with Crippen molar-refractivity contribution in [3.8, 4) is 17.2 Å². The fraction of sp³-hybridized carbons (Fsp3) is 0.105. The molecular formula is C19H14FN3O3. The summed E-state index contributed by atoms with van der Waals surface area (Å²) in [7, 11) is 1.75. The molecule has 130 valence electrons. The van der Waals surface area contributed by atoms with Gasteiger partial charge in [0.1, 0.15) is 17.3 Å². The number of rotatable bonds is 3. The van der Waals surface area contributed by atoms with Gasteiger partial charge in [-0.3, -0.25) is 4.68 Å². The van der Waals surface area contributed by atoms with Gasteiger partial charge in [-0.05, 0) is 37.3 Å². The SMILES string of the molecule is Cc1nn(C)c2nc(-c3ccco3)cc(C(=O)Oc3cccc(F)c3)c12. The van der Waals surface area contributed by atoms with Crippen LogP contribution in [-0.4, -0.2) is 20.7 Å². The number of esters is 1. The topological polar surface area (TPSA) is 70.2 Å². The lowest BCUT2D eigenvalue weighted by Crippen LogP contribution is -2.10. The van der Waals surface area contributed by atoms with Crippen LogP contribution in [0.5, 0.6) is 5.75 Å². The van der Waals surface area contributed by atoms with Crippen LogP contribution in [0.4, 0.5) is 4.39 Å². The molecule has 0 aliphatic carbocycles. The molecule has 0 aliphatic rings. The van der Waals surface area contributed by atoms with Crippen molar-refractivity contribution in [1.29, 1.82) is 0 Å². The molecule has 0 spiro atoms. The number of hydrogen-bond donors (Lipinski definition) is 0. The molecule has 0 bridgehead atoms. The predicted octanol–water partition coefficient (Wildman–Crippen LogP) is 3.90. The summed E-state index contributed by atoms with van der Waals surface area (Å²) < 4.78 is 25.7. The van der Waals surface area contributed by atoms with E-state index in [-0.39, 0.29) is 11.3 Å². The smallest absolute Gasteiger partial charge is 0.344 e. The molecule has 6 nitrogen and oxygen atoms in total. The number of ether oxygens (including phenoxy) is 1. The molecule has 0 amide bonds. The van der Waals surface area contributed by atoms with Gasteiger partial charge in [-0.15, -0.1) is 0 Å². The molecule has 0 aliphatic heterocycles. The summed E-state index contributed by atoms with van der Waals surface area (Å²) in [5.74, 6) is -0.456. The quantitative estimate of drug-likeness (QED) is 0.414. The van der Waals surface area contributed by atoms with Crippen LogP contribution in [0, 0.1) is 12.7 Å². The number of carbonyl (C=O) groups is 1. The third kappa shape index (κ3) is 2.73. The van der Waals surface area contributed by atoms with E-state index in [1.54, 1.807) is 36.9 Å². The second-order valence-corrected chi connectivity index (χ2v) is 5.79. The number of aryl methyl sites for hydroxylation is 2. The monoisotopic (exact) mass is 351 g/mol. The molecule has 4 rings (SSSR count). The molecule has 0 N–H and O–H groups in total. The Morgan fingerprint density at radius 3 is 2.81 bits per heavy atom. The van der Waals surface area contributed by atoms with Gasteiger partial charge in [0.2, 0.25) is 0 Å². The maximum absolute atomic E-state index is 13.4. The summed E-state index contributed by atoms with van der Waals surface area (Å²) in [4.78, 5) is 17.3. The molecule has 0 radical (unpaired) electrons. The normalized spacial score (nSPS) is 11.0. The fourth-order valence-corrected chi connectivity index (χ4v) is 2.85. The summed E-state index contributed by atoms with van der Waals surface area (Å²) in [6.07, 6.45) is 1.53. The number of nitrogens with zero attached hydrogens (tertiary/aromatic N) is 3. The van der Waals surface area contributed by atoms with Crippen LogP contribution in [0.3, 0.4) is 0 Å². The summed E-state index contributed by atoms with van der Waals surface area (Å²) in [5, 5.41) is 4.92. The minimum Gasteiger partial charge on any atom is -0.463 e. The Morgan fingerprint density at radius 1 is 1.23 bits per heavy atom. The number of benzene rings is 1. The third-order valence-electron chi connectivity index (χ3n) is 3.97. The van der Waals surface area contributed by atoms with Crippen LogP contribution >= 0.6 is 0 Å². The molecule has 26 heavy (non-hydrogen) atoms. The molecular weight excluding hydrogens is 337 g/mol. The molecule has 0 saturated heterocycles. The summed E-state index contributed by atoms with van der Waals surface area (Å²) in [6, 6.07) is 10.5. The van der Waals surface area contributed by atoms with E-state index in [0.29, 0.717) is 28.2 Å². The Kier molecular flexibility index (Phi) is 3.76. The molecule has 0 fully saturated rings. The van der Waals surface area contributed by atoms with Crippen molar-refractivity contribution < 1.29 is 18.3 Å². The van der Waals surface area contributed by atoms with Gasteiger partial charge >= 0.3 is 5.97 Å². The van der Waals surface area contributed by atoms with Crippen LogP contribution < -0.4 is 4.74 Å². The van der Waals surface area contributed by atoms with Crippen molar-refractivity contribution in [2.75, 3.05) is 0 Å². The van der Waals surface area contributed by atoms with E-state index in [4.69, 9.17) is 9.15 Å². The van der Waals surface area contributed by atoms with Gasteiger partial charge in [-0.2, -0.15) is 5.10 Å². The highest BCUT2D eigenvalue weighted by molar-refractivity contribution is 6.05. The molecule has 4 aromatic rings. The Labute approximate surface area is 147 Å². The van der Waals surface area contributed by atoms with Crippen LogP contribution in [0.1, 0.15) is 16.1 Å². The van der Waals surface area contributed by atoms with Crippen LogP contribution in [-0.2, 0) is 7.05 Å². The summed E-state index contributed by atoms with van der Waals surface area (Å²) in [5.41, 5.74) is 1.95. The number of pyridine rings is 1. The van der Waals surface area contributed by atoms with Gasteiger partial charge in [0.15, 0.2) is 11.4 Å². The molecule has 7 heteroatoms. The third-order valence-corrected chi connectivity index (χ3v) is 3.97. The van der Waals surface area contributed by atoms with Crippen LogP contribution in [0.15, 0.2) is 53.1 Å². The highest BCUT2D eigenvalue weighted by atomic mass is 19.1. The van der Waals surface area contributed by atoms with Crippen molar-refractivity contribution in [2.24, 2.45) is 7.05 Å². The number of fused-ring (bicyclic) bond motifs is 1. The van der Waals surface area contributed by atoms with Crippen molar-refractivity contribution in [2.45, 2.75) is 6.92 Å². The molecule has 3 heterocycles. The first kappa shape index (κ1) is 16.0. The van der Waals surface area contributed by atoms with Gasteiger partial charge in [0, 0.05) is 13.1 Å². The van der Waals surface area contributed by atoms with E-state index in [9.17, 15) is 9.18 Å². The zero-order chi connectivity index (χ0) is 18.3. The van der Waals surface area contributed by atoms with Gasteiger partial charge in [-0.1, -0.05) is 6.07 Å². The number of hydrogen-bond acceptors (Lipinski definition) is 5. The predicted molar refractivity (Wildman–Crippen MR) is 92.3 cm³/mol. The van der Waals surface area contributed by atoms with Gasteiger partial charge in [0.05, 0.1) is 22.9 Å². The van der Waals surface area contributed by atoms with Gasteiger partial charge < -0.3 is 9.15 Å². The lowest BCUT2D eigenvalue weighted by atomic mass is 10.1. The van der Waals surface area contributed by atoms with Gasteiger partial charge in [-0.25, -0.2) is 14.2 Å². The minimum atomic E-state index is -0.619. The zero-order valence-corrected chi connectivity index (χ0v) is 14.1. The fourth-order valence-electron chi connectivity index (χ4n) is 2.85. The first-order valence-electron chi connectivity index (χ1n) is 7.89. The lowest BCUT2D eigenvalue weighted by molar-refractivity contribution is 0.0736. The summed E-state index contributed by atoms with van der Waals surface area (Å²) in [6.45, 7) is 1.79. The molecule has 1 aromatic carbocycles. The van der Waals surface area contributed by atoms with E-state index in [2.05, 4.69) is 10.1 Å². The van der Waals surface area contributed by atoms with Crippen molar-refractivity contribution in [1.82, 2.24) is 14.8 Å². The van der Waals surface area contributed by atoms with Crippen LogP contribution in [0.2, 0.25) is 0 Å². The number of halogens is 1. The average molecular weight is 351 g/mol. The second-order valence-electron chi connectivity index (χ2n) is 5.79.